The van der Waals surface area contributed by atoms with Gasteiger partial charge in [0.15, 0.2) is 0 Å². The van der Waals surface area contributed by atoms with Gasteiger partial charge < -0.3 is 9.47 Å². The minimum absolute atomic E-state index is 0.123. The number of hydrogen-bond acceptors (Lipinski definition) is 4. The lowest BCUT2D eigenvalue weighted by molar-refractivity contribution is -0.157. The van der Waals surface area contributed by atoms with Crippen LogP contribution in [0.1, 0.15) is 53.9 Å². The van der Waals surface area contributed by atoms with Crippen molar-refractivity contribution < 1.29 is 19.1 Å². The number of ether oxygens (including phenoxy) is 2. The summed E-state index contributed by atoms with van der Waals surface area (Å²) in [7, 11) is 0. The van der Waals surface area contributed by atoms with E-state index < -0.39 is 0 Å². The molecule has 0 radical (unpaired) electrons. The summed E-state index contributed by atoms with van der Waals surface area (Å²) < 4.78 is 10.1. The second-order valence-electron chi connectivity index (χ2n) is 5.17. The fourth-order valence-electron chi connectivity index (χ4n) is 2.31. The van der Waals surface area contributed by atoms with Crippen LogP contribution in [0.25, 0.3) is 0 Å². The van der Waals surface area contributed by atoms with Crippen molar-refractivity contribution in [2.75, 3.05) is 13.2 Å². The Morgan fingerprint density at radius 3 is 2.00 bits per heavy atom. The third-order valence-corrected chi connectivity index (χ3v) is 3.15. The van der Waals surface area contributed by atoms with E-state index in [4.69, 9.17) is 9.47 Å². The van der Waals surface area contributed by atoms with Gasteiger partial charge in [0, 0.05) is 0 Å². The molecule has 0 rings (SSSR count). The molecule has 0 heterocycles. The Morgan fingerprint density at radius 2 is 1.58 bits per heavy atom. The number of esters is 2. The summed E-state index contributed by atoms with van der Waals surface area (Å²) in [4.78, 5) is 23.7. The molecule has 0 aliphatic heterocycles. The van der Waals surface area contributed by atoms with Crippen molar-refractivity contribution in [2.24, 2.45) is 17.8 Å². The highest BCUT2D eigenvalue weighted by Crippen LogP contribution is 2.28. The molecule has 0 saturated carbocycles. The summed E-state index contributed by atoms with van der Waals surface area (Å²) in [6, 6.07) is 0. The second-order valence-corrected chi connectivity index (χ2v) is 5.17. The van der Waals surface area contributed by atoms with Gasteiger partial charge in [-0.3, -0.25) is 9.59 Å². The zero-order valence-corrected chi connectivity index (χ0v) is 12.9. The Labute approximate surface area is 116 Å². The van der Waals surface area contributed by atoms with Gasteiger partial charge >= 0.3 is 11.9 Å². The molecule has 0 aliphatic carbocycles. The molecule has 0 aromatic heterocycles. The third kappa shape index (κ3) is 7.19. The monoisotopic (exact) mass is 272 g/mol. The molecule has 2 atom stereocenters. The maximum atomic E-state index is 12.0. The topological polar surface area (TPSA) is 52.6 Å². The van der Waals surface area contributed by atoms with Gasteiger partial charge in [0.2, 0.25) is 0 Å². The lowest BCUT2D eigenvalue weighted by Crippen LogP contribution is -2.29. The fraction of sp³-hybridized carbons (Fsp3) is 0.867. The Hall–Kier alpha value is -1.06. The molecule has 0 spiro atoms. The van der Waals surface area contributed by atoms with E-state index in [1.54, 1.807) is 13.8 Å². The predicted molar refractivity (Wildman–Crippen MR) is 74.6 cm³/mol. The van der Waals surface area contributed by atoms with E-state index >= 15 is 0 Å². The largest absolute Gasteiger partial charge is 0.466 e. The van der Waals surface area contributed by atoms with Crippen LogP contribution in [0, 0.1) is 17.8 Å². The SMILES string of the molecule is CCOC(=O)CC(C(=O)OCC)C(CC)CC(C)C. The Kier molecular flexibility index (Phi) is 9.27. The van der Waals surface area contributed by atoms with Crippen LogP contribution in [-0.2, 0) is 19.1 Å². The zero-order valence-electron chi connectivity index (χ0n) is 12.9. The molecule has 0 saturated heterocycles. The predicted octanol–water partition coefficient (Wildman–Crippen LogP) is 3.19. The quantitative estimate of drug-likeness (QED) is 0.605. The van der Waals surface area contributed by atoms with Crippen molar-refractivity contribution in [3.05, 3.63) is 0 Å². The molecule has 0 fully saturated rings. The molecule has 19 heavy (non-hydrogen) atoms. The first-order chi connectivity index (χ1) is 8.96. The van der Waals surface area contributed by atoms with Gasteiger partial charge in [0.05, 0.1) is 25.6 Å². The van der Waals surface area contributed by atoms with E-state index in [0.717, 1.165) is 12.8 Å². The van der Waals surface area contributed by atoms with E-state index in [1.165, 1.54) is 0 Å². The lowest BCUT2D eigenvalue weighted by Gasteiger charge is -2.25. The van der Waals surface area contributed by atoms with Crippen LogP contribution >= 0.6 is 0 Å². The molecule has 0 aromatic carbocycles. The van der Waals surface area contributed by atoms with Crippen molar-refractivity contribution in [2.45, 2.75) is 53.9 Å². The number of rotatable bonds is 9. The molecule has 0 aromatic rings. The zero-order chi connectivity index (χ0) is 14.8. The minimum atomic E-state index is -0.383. The first kappa shape index (κ1) is 17.9. The molecule has 0 N–H and O–H groups in total. The fourth-order valence-corrected chi connectivity index (χ4v) is 2.31. The van der Waals surface area contributed by atoms with Gasteiger partial charge in [-0.05, 0) is 32.1 Å². The van der Waals surface area contributed by atoms with Crippen molar-refractivity contribution in [3.8, 4) is 0 Å². The summed E-state index contributed by atoms with van der Waals surface area (Å²) in [5, 5.41) is 0. The number of hydrogen-bond donors (Lipinski definition) is 0. The smallest absolute Gasteiger partial charge is 0.309 e. The second kappa shape index (κ2) is 9.82. The van der Waals surface area contributed by atoms with Crippen LogP contribution in [0.5, 0.6) is 0 Å². The van der Waals surface area contributed by atoms with Crippen molar-refractivity contribution in [3.63, 3.8) is 0 Å². The molecule has 0 amide bonds. The van der Waals surface area contributed by atoms with Gasteiger partial charge in [-0.15, -0.1) is 0 Å². The van der Waals surface area contributed by atoms with Crippen molar-refractivity contribution >= 4 is 11.9 Å². The van der Waals surface area contributed by atoms with Crippen LogP contribution in [0.3, 0.4) is 0 Å². The molecule has 4 nitrogen and oxygen atoms in total. The van der Waals surface area contributed by atoms with Crippen LogP contribution in [0.2, 0.25) is 0 Å². The van der Waals surface area contributed by atoms with E-state index in [1.807, 2.05) is 6.92 Å². The summed E-state index contributed by atoms with van der Waals surface area (Å²) in [6.07, 6.45) is 1.90. The highest BCUT2D eigenvalue weighted by Gasteiger charge is 2.31. The van der Waals surface area contributed by atoms with Crippen LogP contribution < -0.4 is 0 Å². The summed E-state index contributed by atoms with van der Waals surface area (Å²) >= 11 is 0. The standard InChI is InChI=1S/C15H28O4/c1-6-12(9-11(4)5)13(15(17)19-8-3)10-14(16)18-7-2/h11-13H,6-10H2,1-5H3. The molecular weight excluding hydrogens is 244 g/mol. The molecule has 2 unspecified atom stereocenters. The Morgan fingerprint density at radius 1 is 1.00 bits per heavy atom. The minimum Gasteiger partial charge on any atom is -0.466 e. The first-order valence-electron chi connectivity index (χ1n) is 7.28. The number of carbonyl (C=O) groups excluding carboxylic acids is 2. The molecule has 0 aliphatic rings. The highest BCUT2D eigenvalue weighted by atomic mass is 16.5. The maximum Gasteiger partial charge on any atom is 0.309 e. The van der Waals surface area contributed by atoms with Crippen molar-refractivity contribution in [1.29, 1.82) is 0 Å². The first-order valence-corrected chi connectivity index (χ1v) is 7.28. The van der Waals surface area contributed by atoms with Gasteiger partial charge in [-0.2, -0.15) is 0 Å². The van der Waals surface area contributed by atoms with Crippen molar-refractivity contribution in [1.82, 2.24) is 0 Å². The van der Waals surface area contributed by atoms with E-state index in [2.05, 4.69) is 13.8 Å². The van der Waals surface area contributed by atoms with Gasteiger partial charge in [-0.25, -0.2) is 0 Å². The molecule has 4 heteroatoms. The van der Waals surface area contributed by atoms with Crippen LogP contribution in [0.4, 0.5) is 0 Å². The van der Waals surface area contributed by atoms with Crippen LogP contribution in [-0.4, -0.2) is 25.2 Å². The molecule has 0 bridgehead atoms. The Bertz CT molecular complexity index is 273. The average Bonchev–Trinajstić information content (AvgIpc) is 2.33. The maximum absolute atomic E-state index is 12.0. The van der Waals surface area contributed by atoms with Crippen LogP contribution in [0.15, 0.2) is 0 Å². The Balaban J connectivity index is 4.80. The van der Waals surface area contributed by atoms with Gasteiger partial charge in [-0.1, -0.05) is 27.2 Å². The third-order valence-electron chi connectivity index (χ3n) is 3.15. The highest BCUT2D eigenvalue weighted by molar-refractivity contribution is 5.80. The van der Waals surface area contributed by atoms with E-state index in [9.17, 15) is 9.59 Å². The lowest BCUT2D eigenvalue weighted by atomic mass is 9.81. The summed E-state index contributed by atoms with van der Waals surface area (Å²) in [6.45, 7) is 10.5. The van der Waals surface area contributed by atoms with E-state index in [0.29, 0.717) is 19.1 Å². The molecule has 112 valence electrons. The van der Waals surface area contributed by atoms with E-state index in [-0.39, 0.29) is 30.2 Å². The molecular formula is C15H28O4. The summed E-state index contributed by atoms with van der Waals surface area (Å²) in [5.74, 6) is -0.315. The normalized spacial score (nSPS) is 14.0. The number of carbonyl (C=O) groups is 2. The summed E-state index contributed by atoms with van der Waals surface area (Å²) in [5.41, 5.74) is 0. The van der Waals surface area contributed by atoms with Gasteiger partial charge in [0.1, 0.15) is 0 Å². The average molecular weight is 272 g/mol. The van der Waals surface area contributed by atoms with Gasteiger partial charge in [0.25, 0.3) is 0 Å².